The molecule has 0 spiro atoms. The van der Waals surface area contributed by atoms with Crippen LogP contribution < -0.4 is 10.5 Å². The Bertz CT molecular complexity index is 382. The van der Waals surface area contributed by atoms with Gasteiger partial charge in [-0.25, -0.2) is 4.98 Å². The second-order valence-electron chi connectivity index (χ2n) is 5.84. The minimum Gasteiger partial charge on any atom is -0.474 e. The number of nitrogens with two attached hydrogens (primary N) is 1. The Kier molecular flexibility index (Phi) is 4.23. The fourth-order valence-electron chi connectivity index (χ4n) is 2.98. The molecule has 0 amide bonds. The topological polar surface area (TPSA) is 48.1 Å². The predicted molar refractivity (Wildman–Crippen MR) is 73.4 cm³/mol. The van der Waals surface area contributed by atoms with Crippen LogP contribution in [0.4, 0.5) is 0 Å². The van der Waals surface area contributed by atoms with Gasteiger partial charge in [-0.1, -0.05) is 19.9 Å². The van der Waals surface area contributed by atoms with E-state index in [0.717, 1.165) is 36.1 Å². The fraction of sp³-hybridized carbons (Fsp3) is 0.667. The molecule has 0 aromatic carbocycles. The van der Waals surface area contributed by atoms with Crippen molar-refractivity contribution in [3.8, 4) is 5.88 Å². The minimum atomic E-state index is -0.0351. The van der Waals surface area contributed by atoms with Gasteiger partial charge in [-0.05, 0) is 44.1 Å². The van der Waals surface area contributed by atoms with Gasteiger partial charge in [0.2, 0.25) is 5.88 Å². The number of nitrogens with zero attached hydrogens (tertiary/aromatic N) is 1. The summed E-state index contributed by atoms with van der Waals surface area (Å²) in [4.78, 5) is 4.34. The van der Waals surface area contributed by atoms with Crippen LogP contribution in [0.2, 0.25) is 0 Å². The van der Waals surface area contributed by atoms with Gasteiger partial charge < -0.3 is 10.5 Å². The number of pyridine rings is 1. The lowest BCUT2D eigenvalue weighted by atomic mass is 9.82. The zero-order valence-electron chi connectivity index (χ0n) is 11.6. The largest absolute Gasteiger partial charge is 0.474 e. The highest BCUT2D eigenvalue weighted by atomic mass is 16.5. The Morgan fingerprint density at radius 2 is 1.94 bits per heavy atom. The molecule has 1 aliphatic carbocycles. The van der Waals surface area contributed by atoms with Crippen molar-refractivity contribution >= 4 is 0 Å². The Morgan fingerprint density at radius 3 is 2.56 bits per heavy atom. The molecule has 3 heteroatoms. The van der Waals surface area contributed by atoms with Gasteiger partial charge in [0.05, 0.1) is 0 Å². The molecule has 1 aromatic rings. The van der Waals surface area contributed by atoms with Crippen molar-refractivity contribution in [2.75, 3.05) is 0 Å². The summed E-state index contributed by atoms with van der Waals surface area (Å²) in [7, 11) is 0. The second kappa shape index (κ2) is 5.70. The SMILES string of the molecule is CC1CC(C)CC(Oc2ncccc2C(C)N)C1. The molecule has 3 nitrogen and oxygen atoms in total. The fourth-order valence-corrected chi connectivity index (χ4v) is 2.98. The van der Waals surface area contributed by atoms with Crippen molar-refractivity contribution in [1.29, 1.82) is 0 Å². The zero-order chi connectivity index (χ0) is 13.1. The van der Waals surface area contributed by atoms with E-state index in [1.165, 1.54) is 6.42 Å². The molecule has 1 saturated carbocycles. The van der Waals surface area contributed by atoms with Crippen LogP contribution in [0.5, 0.6) is 5.88 Å². The highest BCUT2D eigenvalue weighted by molar-refractivity contribution is 5.28. The molecule has 1 aromatic heterocycles. The summed E-state index contributed by atoms with van der Waals surface area (Å²) in [5, 5.41) is 0. The molecule has 1 heterocycles. The average molecular weight is 248 g/mol. The van der Waals surface area contributed by atoms with E-state index in [9.17, 15) is 0 Å². The number of aromatic nitrogens is 1. The third kappa shape index (κ3) is 3.22. The smallest absolute Gasteiger partial charge is 0.218 e. The Hall–Kier alpha value is -1.09. The summed E-state index contributed by atoms with van der Waals surface area (Å²) in [5.74, 6) is 2.20. The first-order valence-corrected chi connectivity index (χ1v) is 6.93. The summed E-state index contributed by atoms with van der Waals surface area (Å²) < 4.78 is 6.10. The zero-order valence-corrected chi connectivity index (χ0v) is 11.6. The summed E-state index contributed by atoms with van der Waals surface area (Å²) in [6.07, 6.45) is 5.62. The third-order valence-corrected chi connectivity index (χ3v) is 3.70. The highest BCUT2D eigenvalue weighted by Crippen LogP contribution is 2.32. The molecule has 2 rings (SSSR count). The van der Waals surface area contributed by atoms with Gasteiger partial charge in [-0.2, -0.15) is 0 Å². The lowest BCUT2D eigenvalue weighted by Gasteiger charge is -2.31. The predicted octanol–water partition coefficient (Wildman–Crippen LogP) is 3.30. The monoisotopic (exact) mass is 248 g/mol. The molecule has 100 valence electrons. The third-order valence-electron chi connectivity index (χ3n) is 3.70. The van der Waals surface area contributed by atoms with E-state index in [0.29, 0.717) is 0 Å². The van der Waals surface area contributed by atoms with Crippen LogP contribution >= 0.6 is 0 Å². The van der Waals surface area contributed by atoms with E-state index in [4.69, 9.17) is 10.5 Å². The highest BCUT2D eigenvalue weighted by Gasteiger charge is 2.26. The number of hydrogen-bond acceptors (Lipinski definition) is 3. The van der Waals surface area contributed by atoms with E-state index >= 15 is 0 Å². The van der Waals surface area contributed by atoms with E-state index in [2.05, 4.69) is 18.8 Å². The quantitative estimate of drug-likeness (QED) is 0.892. The summed E-state index contributed by atoms with van der Waals surface area (Å²) >= 11 is 0. The first-order valence-electron chi connectivity index (χ1n) is 6.93. The summed E-state index contributed by atoms with van der Waals surface area (Å²) in [6, 6.07) is 3.88. The molecule has 0 bridgehead atoms. The van der Waals surface area contributed by atoms with Crippen LogP contribution in [-0.4, -0.2) is 11.1 Å². The van der Waals surface area contributed by atoms with Crippen molar-refractivity contribution in [3.05, 3.63) is 23.9 Å². The molecule has 18 heavy (non-hydrogen) atoms. The lowest BCUT2D eigenvalue weighted by Crippen LogP contribution is -2.29. The molecule has 1 fully saturated rings. The Morgan fingerprint density at radius 1 is 1.28 bits per heavy atom. The van der Waals surface area contributed by atoms with Crippen LogP contribution in [0.1, 0.15) is 51.6 Å². The van der Waals surface area contributed by atoms with Crippen LogP contribution in [0.3, 0.4) is 0 Å². The average Bonchev–Trinajstić information content (AvgIpc) is 2.27. The lowest BCUT2D eigenvalue weighted by molar-refractivity contribution is 0.0954. The minimum absolute atomic E-state index is 0.0351. The van der Waals surface area contributed by atoms with Gasteiger partial charge in [0, 0.05) is 17.8 Å². The maximum Gasteiger partial charge on any atom is 0.218 e. The molecule has 3 atom stereocenters. The second-order valence-corrected chi connectivity index (χ2v) is 5.84. The number of ether oxygens (including phenoxy) is 1. The van der Waals surface area contributed by atoms with E-state index in [1.54, 1.807) is 6.20 Å². The van der Waals surface area contributed by atoms with Crippen LogP contribution in [0, 0.1) is 11.8 Å². The van der Waals surface area contributed by atoms with Crippen molar-refractivity contribution in [3.63, 3.8) is 0 Å². The molecule has 3 unspecified atom stereocenters. The van der Waals surface area contributed by atoms with Crippen molar-refractivity contribution in [2.24, 2.45) is 17.6 Å². The standard InChI is InChI=1S/C15H24N2O/c1-10-7-11(2)9-13(8-10)18-15-14(12(3)16)5-4-6-17-15/h4-6,10-13H,7-9,16H2,1-3H3. The number of rotatable bonds is 3. The maximum absolute atomic E-state index is 6.10. The Balaban J connectivity index is 2.09. The molecule has 0 radical (unpaired) electrons. The molecule has 0 aliphatic heterocycles. The van der Waals surface area contributed by atoms with Crippen molar-refractivity contribution in [1.82, 2.24) is 4.98 Å². The van der Waals surface area contributed by atoms with Crippen molar-refractivity contribution in [2.45, 2.75) is 52.2 Å². The summed E-state index contributed by atoms with van der Waals surface area (Å²) in [5.41, 5.74) is 6.96. The molecule has 2 N–H and O–H groups in total. The summed E-state index contributed by atoms with van der Waals surface area (Å²) in [6.45, 7) is 6.57. The van der Waals surface area contributed by atoms with E-state index in [1.807, 2.05) is 19.1 Å². The first kappa shape index (κ1) is 13.3. The molecule has 1 aliphatic rings. The first-order chi connectivity index (χ1) is 8.56. The number of hydrogen-bond donors (Lipinski definition) is 1. The van der Waals surface area contributed by atoms with Gasteiger partial charge in [0.1, 0.15) is 6.10 Å². The molecule has 0 saturated heterocycles. The van der Waals surface area contributed by atoms with E-state index in [-0.39, 0.29) is 12.1 Å². The van der Waals surface area contributed by atoms with Gasteiger partial charge in [0.25, 0.3) is 0 Å². The molecular formula is C15H24N2O. The maximum atomic E-state index is 6.10. The van der Waals surface area contributed by atoms with Gasteiger partial charge >= 0.3 is 0 Å². The van der Waals surface area contributed by atoms with E-state index < -0.39 is 0 Å². The molecular weight excluding hydrogens is 224 g/mol. The Labute approximate surface area is 110 Å². The van der Waals surface area contributed by atoms with Crippen LogP contribution in [0.15, 0.2) is 18.3 Å². The normalized spacial score (nSPS) is 29.9. The van der Waals surface area contributed by atoms with Gasteiger partial charge in [0.15, 0.2) is 0 Å². The van der Waals surface area contributed by atoms with Crippen LogP contribution in [0.25, 0.3) is 0 Å². The van der Waals surface area contributed by atoms with Gasteiger partial charge in [-0.15, -0.1) is 0 Å². The van der Waals surface area contributed by atoms with Crippen molar-refractivity contribution < 1.29 is 4.74 Å². The van der Waals surface area contributed by atoms with Gasteiger partial charge in [-0.3, -0.25) is 0 Å². The van der Waals surface area contributed by atoms with Crippen LogP contribution in [-0.2, 0) is 0 Å².